The Labute approximate surface area is 110 Å². The first kappa shape index (κ1) is 12.9. The molecule has 0 bridgehead atoms. The molecule has 0 aliphatic heterocycles. The van der Waals surface area contributed by atoms with Crippen LogP contribution in [0.4, 0.5) is 0 Å². The molecule has 4 nitrogen and oxygen atoms in total. The van der Waals surface area contributed by atoms with Crippen molar-refractivity contribution in [3.8, 4) is 11.5 Å². The van der Waals surface area contributed by atoms with E-state index in [4.69, 9.17) is 25.8 Å². The second kappa shape index (κ2) is 5.89. The average molecular weight is 268 g/mol. The molecule has 0 radical (unpaired) electrons. The van der Waals surface area contributed by atoms with Crippen molar-refractivity contribution in [1.82, 2.24) is 4.98 Å². The summed E-state index contributed by atoms with van der Waals surface area (Å²) in [5.41, 5.74) is 0.774. The van der Waals surface area contributed by atoms with Crippen LogP contribution in [0.5, 0.6) is 11.5 Å². The van der Waals surface area contributed by atoms with Gasteiger partial charge in [-0.1, -0.05) is 11.6 Å². The summed E-state index contributed by atoms with van der Waals surface area (Å²) in [6, 6.07) is 5.39. The minimum Gasteiger partial charge on any atom is -0.493 e. The van der Waals surface area contributed by atoms with Crippen LogP contribution in [0.1, 0.15) is 0 Å². The Kier molecular flexibility index (Phi) is 4.23. The van der Waals surface area contributed by atoms with Gasteiger partial charge in [0.05, 0.1) is 24.3 Å². The van der Waals surface area contributed by atoms with Gasteiger partial charge in [-0.15, -0.1) is 0 Å². The highest BCUT2D eigenvalue weighted by Crippen LogP contribution is 2.34. The summed E-state index contributed by atoms with van der Waals surface area (Å²) in [4.78, 5) is 4.26. The molecule has 0 unspecified atom stereocenters. The van der Waals surface area contributed by atoms with Gasteiger partial charge in [0, 0.05) is 24.8 Å². The van der Waals surface area contributed by atoms with Crippen LogP contribution < -0.4 is 9.47 Å². The van der Waals surface area contributed by atoms with Gasteiger partial charge >= 0.3 is 0 Å². The molecular formula is C13H14ClNO3. The zero-order chi connectivity index (χ0) is 13.0. The molecule has 0 atom stereocenters. The van der Waals surface area contributed by atoms with Crippen molar-refractivity contribution < 1.29 is 14.2 Å². The quantitative estimate of drug-likeness (QED) is 0.781. The lowest BCUT2D eigenvalue weighted by Crippen LogP contribution is -2.05. The van der Waals surface area contributed by atoms with Crippen LogP contribution in [0.2, 0.25) is 5.02 Å². The van der Waals surface area contributed by atoms with E-state index in [2.05, 4.69) is 4.98 Å². The van der Waals surface area contributed by atoms with E-state index in [-0.39, 0.29) is 0 Å². The molecule has 0 N–H and O–H groups in total. The Morgan fingerprint density at radius 2 is 2.00 bits per heavy atom. The highest BCUT2D eigenvalue weighted by molar-refractivity contribution is 6.35. The van der Waals surface area contributed by atoms with Gasteiger partial charge in [0.1, 0.15) is 6.61 Å². The third-order valence-corrected chi connectivity index (χ3v) is 2.85. The molecular weight excluding hydrogens is 254 g/mol. The van der Waals surface area contributed by atoms with Crippen LogP contribution in [0, 0.1) is 0 Å². The van der Waals surface area contributed by atoms with E-state index >= 15 is 0 Å². The second-order valence-electron chi connectivity index (χ2n) is 3.65. The van der Waals surface area contributed by atoms with E-state index in [1.54, 1.807) is 26.5 Å². The van der Waals surface area contributed by atoms with Crippen molar-refractivity contribution in [2.75, 3.05) is 27.4 Å². The predicted octanol–water partition coefficient (Wildman–Crippen LogP) is 2.92. The SMILES string of the molecule is COCCOc1cc2nccc(Cl)c2cc1OC. The summed E-state index contributed by atoms with van der Waals surface area (Å²) in [5, 5.41) is 1.48. The highest BCUT2D eigenvalue weighted by Gasteiger charge is 2.09. The smallest absolute Gasteiger partial charge is 0.163 e. The molecule has 2 aromatic rings. The molecule has 0 fully saturated rings. The molecule has 0 aliphatic carbocycles. The number of pyridine rings is 1. The molecule has 1 aromatic carbocycles. The van der Waals surface area contributed by atoms with Crippen LogP contribution in [0.15, 0.2) is 24.4 Å². The van der Waals surface area contributed by atoms with Crippen molar-refractivity contribution in [2.45, 2.75) is 0 Å². The van der Waals surface area contributed by atoms with Crippen molar-refractivity contribution in [3.63, 3.8) is 0 Å². The van der Waals surface area contributed by atoms with Crippen molar-refractivity contribution in [3.05, 3.63) is 29.4 Å². The number of fused-ring (bicyclic) bond motifs is 1. The molecule has 0 amide bonds. The molecule has 0 spiro atoms. The van der Waals surface area contributed by atoms with Crippen LogP contribution >= 0.6 is 11.6 Å². The molecule has 1 aromatic heterocycles. The monoisotopic (exact) mass is 267 g/mol. The fourth-order valence-corrected chi connectivity index (χ4v) is 1.84. The van der Waals surface area contributed by atoms with Crippen LogP contribution in [0.25, 0.3) is 10.9 Å². The van der Waals surface area contributed by atoms with Gasteiger partial charge in [0.15, 0.2) is 11.5 Å². The number of benzene rings is 1. The third kappa shape index (κ3) is 2.66. The molecule has 0 saturated heterocycles. The molecule has 0 saturated carbocycles. The van der Waals surface area contributed by atoms with Crippen molar-refractivity contribution in [1.29, 1.82) is 0 Å². The second-order valence-corrected chi connectivity index (χ2v) is 4.06. The summed E-state index contributed by atoms with van der Waals surface area (Å²) in [6.07, 6.45) is 1.66. The Bertz CT molecular complexity index is 545. The van der Waals surface area contributed by atoms with E-state index in [1.165, 1.54) is 0 Å². The lowest BCUT2D eigenvalue weighted by molar-refractivity contribution is 0.144. The maximum absolute atomic E-state index is 6.11. The van der Waals surface area contributed by atoms with Crippen LogP contribution in [0.3, 0.4) is 0 Å². The number of hydrogen-bond donors (Lipinski definition) is 0. The molecule has 0 aliphatic rings. The number of hydrogen-bond acceptors (Lipinski definition) is 4. The standard InChI is InChI=1S/C13H14ClNO3/c1-16-5-6-18-13-8-11-9(7-12(13)17-2)10(14)3-4-15-11/h3-4,7-8H,5-6H2,1-2H3. The Balaban J connectivity index is 2.39. The van der Waals surface area contributed by atoms with Crippen molar-refractivity contribution in [2.24, 2.45) is 0 Å². The third-order valence-electron chi connectivity index (χ3n) is 2.52. The zero-order valence-electron chi connectivity index (χ0n) is 10.3. The summed E-state index contributed by atoms with van der Waals surface area (Å²) in [5.74, 6) is 1.27. The maximum Gasteiger partial charge on any atom is 0.163 e. The first-order valence-corrected chi connectivity index (χ1v) is 5.88. The van der Waals surface area contributed by atoms with Gasteiger partial charge in [-0.25, -0.2) is 0 Å². The number of aromatic nitrogens is 1. The summed E-state index contributed by atoms with van der Waals surface area (Å²) in [7, 11) is 3.22. The van der Waals surface area contributed by atoms with E-state index < -0.39 is 0 Å². The minimum absolute atomic E-state index is 0.457. The topological polar surface area (TPSA) is 40.6 Å². The molecule has 5 heteroatoms. The van der Waals surface area contributed by atoms with Crippen molar-refractivity contribution >= 4 is 22.5 Å². The molecule has 1 heterocycles. The predicted molar refractivity (Wildman–Crippen MR) is 70.7 cm³/mol. The lowest BCUT2D eigenvalue weighted by atomic mass is 10.2. The fraction of sp³-hybridized carbons (Fsp3) is 0.308. The first-order chi connectivity index (χ1) is 8.76. The Morgan fingerprint density at radius 3 is 2.72 bits per heavy atom. The molecule has 96 valence electrons. The van der Waals surface area contributed by atoms with Gasteiger partial charge in [0.25, 0.3) is 0 Å². The average Bonchev–Trinajstić information content (AvgIpc) is 2.39. The highest BCUT2D eigenvalue weighted by atomic mass is 35.5. The number of methoxy groups -OCH3 is 2. The maximum atomic E-state index is 6.11. The van der Waals surface area contributed by atoms with Gasteiger partial charge in [-0.05, 0) is 12.1 Å². The van der Waals surface area contributed by atoms with E-state index in [9.17, 15) is 0 Å². The van der Waals surface area contributed by atoms with E-state index in [0.717, 1.165) is 10.9 Å². The van der Waals surface area contributed by atoms with Crippen LogP contribution in [-0.4, -0.2) is 32.4 Å². The lowest BCUT2D eigenvalue weighted by Gasteiger charge is -2.11. The first-order valence-electron chi connectivity index (χ1n) is 5.50. The Hall–Kier alpha value is -1.52. The largest absolute Gasteiger partial charge is 0.493 e. The summed E-state index contributed by atoms with van der Waals surface area (Å²) < 4.78 is 15.8. The van der Waals surface area contributed by atoms with Crippen LogP contribution in [-0.2, 0) is 4.74 Å². The summed E-state index contributed by atoms with van der Waals surface area (Å²) in [6.45, 7) is 0.975. The van der Waals surface area contributed by atoms with Gasteiger partial charge in [-0.3, -0.25) is 4.98 Å². The Morgan fingerprint density at radius 1 is 1.17 bits per heavy atom. The minimum atomic E-state index is 0.457. The van der Waals surface area contributed by atoms with Gasteiger partial charge in [-0.2, -0.15) is 0 Å². The molecule has 18 heavy (non-hydrogen) atoms. The number of halogens is 1. The number of rotatable bonds is 5. The molecule has 2 rings (SSSR count). The number of ether oxygens (including phenoxy) is 3. The number of nitrogens with zero attached hydrogens (tertiary/aromatic N) is 1. The summed E-state index contributed by atoms with van der Waals surface area (Å²) >= 11 is 6.11. The normalized spacial score (nSPS) is 10.6. The van der Waals surface area contributed by atoms with Gasteiger partial charge < -0.3 is 14.2 Å². The zero-order valence-corrected chi connectivity index (χ0v) is 11.0. The fourth-order valence-electron chi connectivity index (χ4n) is 1.63. The van der Waals surface area contributed by atoms with E-state index in [0.29, 0.717) is 29.7 Å². The van der Waals surface area contributed by atoms with Gasteiger partial charge in [0.2, 0.25) is 0 Å². The van der Waals surface area contributed by atoms with E-state index in [1.807, 2.05) is 12.1 Å².